The molecule has 4 N–H and O–H groups in total. The molecule has 240 valence electrons. The van der Waals surface area contributed by atoms with Crippen LogP contribution in [0.5, 0.6) is 0 Å². The zero-order valence-corrected chi connectivity index (χ0v) is 25.4. The molecule has 0 saturated heterocycles. The number of allylic oxidation sites excluding steroid dienone is 2. The molecule has 10 heteroatoms. The summed E-state index contributed by atoms with van der Waals surface area (Å²) in [6, 6.07) is 0. The molecule has 1 aliphatic heterocycles. The van der Waals surface area contributed by atoms with Gasteiger partial charge in [-0.3, -0.25) is 0 Å². The normalized spacial score (nSPS) is 15.1. The highest BCUT2D eigenvalue weighted by molar-refractivity contribution is 5.89. The van der Waals surface area contributed by atoms with Crippen molar-refractivity contribution in [3.8, 4) is 0 Å². The number of aliphatic hydroxyl groups is 2. The van der Waals surface area contributed by atoms with Gasteiger partial charge in [0.25, 0.3) is 0 Å². The second-order valence-corrected chi connectivity index (χ2v) is 10.8. The fraction of sp³-hybridized carbons (Fsp3) is 0.719. The van der Waals surface area contributed by atoms with Crippen molar-refractivity contribution in [3.63, 3.8) is 0 Å². The van der Waals surface area contributed by atoms with Gasteiger partial charge >= 0.3 is 18.2 Å². The van der Waals surface area contributed by atoms with Gasteiger partial charge in [-0.1, -0.05) is 89.2 Å². The first-order valence-corrected chi connectivity index (χ1v) is 15.8. The first kappa shape index (κ1) is 36.9. The molecule has 0 radical (unpaired) electrons. The lowest BCUT2D eigenvalue weighted by Crippen LogP contribution is -2.41. The molecule has 1 rings (SSSR count). The minimum absolute atomic E-state index is 0.388. The van der Waals surface area contributed by atoms with Gasteiger partial charge in [-0.2, -0.15) is 0 Å². The molecule has 1 heterocycles. The molecule has 0 aromatic heterocycles. The molecular weight excluding hydrogens is 540 g/mol. The zero-order chi connectivity index (χ0) is 30.8. The van der Waals surface area contributed by atoms with Crippen molar-refractivity contribution in [2.75, 3.05) is 19.7 Å². The first-order valence-electron chi connectivity index (χ1n) is 15.8. The second-order valence-electron chi connectivity index (χ2n) is 10.8. The number of carbonyl (C=O) groups excluding carboxylic acids is 3. The smallest absolute Gasteiger partial charge is 0.407 e. The summed E-state index contributed by atoms with van der Waals surface area (Å²) in [4.78, 5) is 36.2. The molecule has 0 aromatic carbocycles. The fourth-order valence-electron chi connectivity index (χ4n) is 4.62. The maximum atomic E-state index is 12.4. The quantitative estimate of drug-likeness (QED) is 0.0350. The van der Waals surface area contributed by atoms with Gasteiger partial charge < -0.3 is 35.1 Å². The summed E-state index contributed by atoms with van der Waals surface area (Å²) in [7, 11) is 0. The van der Waals surface area contributed by atoms with Crippen molar-refractivity contribution in [1.82, 2.24) is 10.6 Å². The number of unbranched alkanes of at least 4 members (excludes halogenated alkanes) is 16. The molecule has 2 unspecified atom stereocenters. The predicted octanol–water partition coefficient (Wildman–Crippen LogP) is 7.45. The van der Waals surface area contributed by atoms with E-state index in [9.17, 15) is 24.6 Å². The van der Waals surface area contributed by atoms with Crippen molar-refractivity contribution >= 4 is 18.2 Å². The van der Waals surface area contributed by atoms with E-state index in [0.29, 0.717) is 13.1 Å². The maximum absolute atomic E-state index is 12.4. The summed E-state index contributed by atoms with van der Waals surface area (Å²) in [6.07, 6.45) is 19.5. The molecule has 0 aliphatic carbocycles. The van der Waals surface area contributed by atoms with Crippen LogP contribution in [0.1, 0.15) is 116 Å². The number of ether oxygens (including phenoxy) is 3. The summed E-state index contributed by atoms with van der Waals surface area (Å²) >= 11 is 0. The average Bonchev–Trinajstić information content (AvgIpc) is 3.23. The number of alkyl carbamates (subject to hydrolysis) is 2. The van der Waals surface area contributed by atoms with E-state index in [1.165, 1.54) is 57.8 Å². The summed E-state index contributed by atoms with van der Waals surface area (Å²) in [6.45, 7) is 7.81. The summed E-state index contributed by atoms with van der Waals surface area (Å²) in [5.74, 6) is -2.88. The molecule has 0 saturated carbocycles. The average molecular weight is 595 g/mol. The molecule has 0 bridgehead atoms. The van der Waals surface area contributed by atoms with Gasteiger partial charge in [0, 0.05) is 13.1 Å². The maximum Gasteiger partial charge on any atom is 0.407 e. The lowest BCUT2D eigenvalue weighted by atomic mass is 10.1. The highest BCUT2D eigenvalue weighted by atomic mass is 16.6. The standard InChI is InChI=1S/C32H54N2O8/c1-3-5-7-9-11-13-15-17-19-21-23-33-31(38)40-25-26(29-27(35)28(36)30(37)42-29)41-32(39)34-24-22-20-18-16-14-12-10-8-6-4-2/h3-4,26,29,35-36H,1-2,5-25H2,(H,33,38)(H,34,39). The van der Waals surface area contributed by atoms with Crippen LogP contribution in [0.3, 0.4) is 0 Å². The molecule has 10 nitrogen and oxygen atoms in total. The Labute approximate surface area is 251 Å². The topological polar surface area (TPSA) is 143 Å². The van der Waals surface area contributed by atoms with Gasteiger partial charge in [0.15, 0.2) is 11.9 Å². The molecule has 0 spiro atoms. The van der Waals surface area contributed by atoms with Crippen LogP contribution in [0, 0.1) is 0 Å². The number of esters is 1. The Hall–Kier alpha value is -3.17. The third-order valence-electron chi connectivity index (χ3n) is 7.12. The van der Waals surface area contributed by atoms with E-state index in [0.717, 1.165) is 57.8 Å². The number of carbonyl (C=O) groups is 3. The van der Waals surface area contributed by atoms with E-state index in [4.69, 9.17) is 14.2 Å². The highest BCUT2D eigenvalue weighted by Gasteiger charge is 2.42. The Bertz CT molecular complexity index is 829. The number of aliphatic hydroxyl groups excluding tert-OH is 2. The number of hydrogen-bond acceptors (Lipinski definition) is 8. The first-order chi connectivity index (χ1) is 20.4. The summed E-state index contributed by atoms with van der Waals surface area (Å²) in [5, 5.41) is 25.0. The van der Waals surface area contributed by atoms with Crippen molar-refractivity contribution in [2.24, 2.45) is 0 Å². The molecular formula is C32H54N2O8. The number of amides is 2. The van der Waals surface area contributed by atoms with Crippen LogP contribution in [0.4, 0.5) is 9.59 Å². The SMILES string of the molecule is C=CCCCCCCCCCCNC(=O)OCC(OC(=O)NCCCCCCCCCCC=C)C1OC(=O)C(O)=C1O. The van der Waals surface area contributed by atoms with E-state index in [2.05, 4.69) is 23.8 Å². The van der Waals surface area contributed by atoms with Crippen molar-refractivity contribution in [1.29, 1.82) is 0 Å². The van der Waals surface area contributed by atoms with Crippen LogP contribution in [-0.4, -0.2) is 60.3 Å². The summed E-state index contributed by atoms with van der Waals surface area (Å²) in [5.41, 5.74) is 0. The number of rotatable bonds is 26. The number of hydrogen-bond donors (Lipinski definition) is 4. The Morgan fingerprint density at radius 1 is 0.738 bits per heavy atom. The molecule has 0 aromatic rings. The van der Waals surface area contributed by atoms with Crippen LogP contribution in [0.2, 0.25) is 0 Å². The van der Waals surface area contributed by atoms with E-state index in [1.54, 1.807) is 0 Å². The van der Waals surface area contributed by atoms with Crippen LogP contribution in [-0.2, 0) is 19.0 Å². The van der Waals surface area contributed by atoms with Gasteiger partial charge in [0.05, 0.1) is 0 Å². The van der Waals surface area contributed by atoms with Crippen molar-refractivity contribution in [3.05, 3.63) is 36.8 Å². The molecule has 1 aliphatic rings. The third kappa shape index (κ3) is 17.6. The van der Waals surface area contributed by atoms with E-state index in [-0.39, 0.29) is 0 Å². The Balaban J connectivity index is 2.29. The Kier molecular flexibility index (Phi) is 21.4. The van der Waals surface area contributed by atoms with Crippen LogP contribution in [0.15, 0.2) is 36.8 Å². The third-order valence-corrected chi connectivity index (χ3v) is 7.12. The minimum atomic E-state index is -1.47. The molecule has 2 atom stereocenters. The second kappa shape index (κ2) is 24.4. The minimum Gasteiger partial charge on any atom is -0.505 e. The van der Waals surface area contributed by atoms with Gasteiger partial charge in [-0.05, 0) is 38.5 Å². The molecule has 0 fully saturated rings. The van der Waals surface area contributed by atoms with Gasteiger partial charge in [0.2, 0.25) is 11.9 Å². The van der Waals surface area contributed by atoms with Gasteiger partial charge in [-0.25, -0.2) is 14.4 Å². The van der Waals surface area contributed by atoms with Crippen molar-refractivity contribution < 1.29 is 38.8 Å². The molecule has 2 amide bonds. The fourth-order valence-corrected chi connectivity index (χ4v) is 4.62. The number of nitrogens with one attached hydrogen (secondary N) is 2. The predicted molar refractivity (Wildman–Crippen MR) is 163 cm³/mol. The van der Waals surface area contributed by atoms with Gasteiger partial charge in [-0.15, -0.1) is 13.2 Å². The van der Waals surface area contributed by atoms with Crippen LogP contribution in [0.25, 0.3) is 0 Å². The lowest BCUT2D eigenvalue weighted by Gasteiger charge is -2.22. The largest absolute Gasteiger partial charge is 0.505 e. The lowest BCUT2D eigenvalue weighted by molar-refractivity contribution is -0.147. The van der Waals surface area contributed by atoms with E-state index >= 15 is 0 Å². The van der Waals surface area contributed by atoms with E-state index < -0.39 is 48.5 Å². The molecule has 42 heavy (non-hydrogen) atoms. The highest BCUT2D eigenvalue weighted by Crippen LogP contribution is 2.23. The number of cyclic esters (lactones) is 1. The van der Waals surface area contributed by atoms with Crippen LogP contribution < -0.4 is 10.6 Å². The van der Waals surface area contributed by atoms with Crippen molar-refractivity contribution in [2.45, 2.75) is 128 Å². The Morgan fingerprint density at radius 3 is 1.60 bits per heavy atom. The summed E-state index contributed by atoms with van der Waals surface area (Å²) < 4.78 is 15.4. The van der Waals surface area contributed by atoms with Crippen LogP contribution >= 0.6 is 0 Å². The van der Waals surface area contributed by atoms with E-state index in [1.807, 2.05) is 12.2 Å². The Morgan fingerprint density at radius 2 is 1.17 bits per heavy atom. The zero-order valence-electron chi connectivity index (χ0n) is 25.4. The van der Waals surface area contributed by atoms with Gasteiger partial charge in [0.1, 0.15) is 6.61 Å². The monoisotopic (exact) mass is 594 g/mol.